The minimum atomic E-state index is -0.248. The molecule has 2 N–H and O–H groups in total. The van der Waals surface area contributed by atoms with Gasteiger partial charge in [-0.1, -0.05) is 11.8 Å². The molecule has 3 aromatic rings. The van der Waals surface area contributed by atoms with Crippen molar-refractivity contribution in [1.82, 2.24) is 20.2 Å². The number of thioether (sulfide) groups is 1. The van der Waals surface area contributed by atoms with E-state index in [1.165, 1.54) is 30.5 Å². The van der Waals surface area contributed by atoms with Crippen molar-refractivity contribution >= 4 is 35.0 Å². The molecule has 0 saturated carbocycles. The van der Waals surface area contributed by atoms with E-state index in [0.29, 0.717) is 33.7 Å². The molecule has 0 fully saturated rings. The van der Waals surface area contributed by atoms with Gasteiger partial charge in [-0.3, -0.25) is 9.59 Å². The number of rotatable bonds is 8. The van der Waals surface area contributed by atoms with E-state index in [4.69, 9.17) is 9.47 Å². The van der Waals surface area contributed by atoms with Gasteiger partial charge in [0.15, 0.2) is 0 Å². The van der Waals surface area contributed by atoms with Gasteiger partial charge < -0.3 is 20.1 Å². The molecule has 1 heterocycles. The van der Waals surface area contributed by atoms with Crippen molar-refractivity contribution in [3.8, 4) is 17.2 Å². The van der Waals surface area contributed by atoms with Crippen molar-refractivity contribution in [3.63, 3.8) is 0 Å². The number of carbonyl (C=O) groups is 2. The van der Waals surface area contributed by atoms with Crippen molar-refractivity contribution in [2.45, 2.75) is 12.1 Å². The van der Waals surface area contributed by atoms with Crippen molar-refractivity contribution in [1.29, 1.82) is 0 Å². The van der Waals surface area contributed by atoms with E-state index in [2.05, 4.69) is 26.2 Å². The van der Waals surface area contributed by atoms with Gasteiger partial charge >= 0.3 is 0 Å². The van der Waals surface area contributed by atoms with E-state index < -0.39 is 0 Å². The van der Waals surface area contributed by atoms with Crippen LogP contribution in [0.4, 0.5) is 11.4 Å². The second kappa shape index (κ2) is 9.74. The third-order valence-corrected chi connectivity index (χ3v) is 4.81. The van der Waals surface area contributed by atoms with Crippen molar-refractivity contribution in [3.05, 3.63) is 42.5 Å². The molecule has 0 aliphatic heterocycles. The molecule has 0 spiro atoms. The van der Waals surface area contributed by atoms with Gasteiger partial charge in [0.05, 0.1) is 31.3 Å². The SMILES string of the molecule is COc1ccc(OC)c(NC(=O)CSc2nnnn2-c2ccc(NC(C)=O)cc2)c1. The molecule has 30 heavy (non-hydrogen) atoms. The average Bonchev–Trinajstić information content (AvgIpc) is 3.21. The number of ether oxygens (including phenoxy) is 2. The highest BCUT2D eigenvalue weighted by atomic mass is 32.2. The Bertz CT molecular complexity index is 1040. The van der Waals surface area contributed by atoms with E-state index in [1.807, 2.05) is 0 Å². The summed E-state index contributed by atoms with van der Waals surface area (Å²) in [6.07, 6.45) is 0. The number of methoxy groups -OCH3 is 2. The maximum Gasteiger partial charge on any atom is 0.234 e. The molecular formula is C19H20N6O4S. The number of nitrogens with zero attached hydrogens (tertiary/aromatic N) is 4. The van der Waals surface area contributed by atoms with Crippen LogP contribution in [-0.4, -0.2) is 52.0 Å². The summed E-state index contributed by atoms with van der Waals surface area (Å²) < 4.78 is 12.0. The maximum atomic E-state index is 12.4. The minimum Gasteiger partial charge on any atom is -0.497 e. The molecule has 11 heteroatoms. The Hall–Kier alpha value is -3.60. The van der Waals surface area contributed by atoms with Crippen molar-refractivity contribution in [2.75, 3.05) is 30.6 Å². The zero-order valence-corrected chi connectivity index (χ0v) is 17.4. The summed E-state index contributed by atoms with van der Waals surface area (Å²) >= 11 is 1.19. The number of aromatic nitrogens is 4. The molecule has 156 valence electrons. The first-order chi connectivity index (χ1) is 14.5. The Morgan fingerprint density at radius 1 is 1.07 bits per heavy atom. The molecule has 3 rings (SSSR count). The molecule has 0 bridgehead atoms. The molecule has 0 radical (unpaired) electrons. The number of amides is 2. The van der Waals surface area contributed by atoms with Crippen LogP contribution in [0.2, 0.25) is 0 Å². The lowest BCUT2D eigenvalue weighted by Gasteiger charge is -2.11. The topological polar surface area (TPSA) is 120 Å². The lowest BCUT2D eigenvalue weighted by molar-refractivity contribution is -0.114. The molecule has 0 saturated heterocycles. The van der Waals surface area contributed by atoms with Crippen LogP contribution in [0.1, 0.15) is 6.92 Å². The predicted octanol–water partition coefficient (Wildman–Crippen LogP) is 2.37. The first kappa shape index (κ1) is 21.1. The van der Waals surface area contributed by atoms with E-state index in [-0.39, 0.29) is 17.6 Å². The number of carbonyl (C=O) groups excluding carboxylic acids is 2. The van der Waals surface area contributed by atoms with Crippen LogP contribution in [0.5, 0.6) is 11.5 Å². The fourth-order valence-electron chi connectivity index (χ4n) is 2.55. The third kappa shape index (κ3) is 5.26. The molecule has 2 amide bonds. The lowest BCUT2D eigenvalue weighted by atomic mass is 10.2. The van der Waals surface area contributed by atoms with Crippen LogP contribution in [0, 0.1) is 0 Å². The van der Waals surface area contributed by atoms with Crippen LogP contribution < -0.4 is 20.1 Å². The standard InChI is InChI=1S/C19H20N6O4S/c1-12(26)20-13-4-6-14(7-5-13)25-19(22-23-24-25)30-11-18(27)21-16-10-15(28-2)8-9-17(16)29-3/h4-10H,11H2,1-3H3,(H,20,26)(H,21,27). The van der Waals surface area contributed by atoms with Gasteiger partial charge in [-0.15, -0.1) is 5.10 Å². The van der Waals surface area contributed by atoms with Gasteiger partial charge in [-0.2, -0.15) is 4.68 Å². The van der Waals surface area contributed by atoms with Gasteiger partial charge in [-0.05, 0) is 46.8 Å². The molecule has 0 unspecified atom stereocenters. The Morgan fingerprint density at radius 2 is 1.83 bits per heavy atom. The Morgan fingerprint density at radius 3 is 2.50 bits per heavy atom. The smallest absolute Gasteiger partial charge is 0.234 e. The fourth-order valence-corrected chi connectivity index (χ4v) is 3.24. The zero-order valence-electron chi connectivity index (χ0n) is 16.6. The molecule has 0 aliphatic rings. The number of benzene rings is 2. The molecule has 1 aromatic heterocycles. The van der Waals surface area contributed by atoms with Crippen LogP contribution in [0.3, 0.4) is 0 Å². The van der Waals surface area contributed by atoms with E-state index in [1.54, 1.807) is 49.6 Å². The average molecular weight is 428 g/mol. The number of nitrogens with one attached hydrogen (secondary N) is 2. The fraction of sp³-hybridized carbons (Fsp3) is 0.211. The zero-order chi connectivity index (χ0) is 21.5. The Labute approximate surface area is 176 Å². The first-order valence-corrected chi connectivity index (χ1v) is 9.80. The predicted molar refractivity (Wildman–Crippen MR) is 112 cm³/mol. The van der Waals surface area contributed by atoms with Crippen LogP contribution in [0.25, 0.3) is 5.69 Å². The number of tetrazole rings is 1. The number of hydrogen-bond donors (Lipinski definition) is 2. The summed E-state index contributed by atoms with van der Waals surface area (Å²) in [5.41, 5.74) is 1.88. The van der Waals surface area contributed by atoms with E-state index in [0.717, 1.165) is 0 Å². The van der Waals surface area contributed by atoms with Gasteiger partial charge in [0.1, 0.15) is 11.5 Å². The highest BCUT2D eigenvalue weighted by Crippen LogP contribution is 2.29. The van der Waals surface area contributed by atoms with Crippen molar-refractivity contribution < 1.29 is 19.1 Å². The summed E-state index contributed by atoms with van der Waals surface area (Å²) in [7, 11) is 3.07. The van der Waals surface area contributed by atoms with Gasteiger partial charge in [0.2, 0.25) is 17.0 Å². The summed E-state index contributed by atoms with van der Waals surface area (Å²) in [6, 6.07) is 12.2. The Kier molecular flexibility index (Phi) is 6.86. The largest absolute Gasteiger partial charge is 0.497 e. The van der Waals surface area contributed by atoms with Gasteiger partial charge in [0, 0.05) is 18.7 Å². The summed E-state index contributed by atoms with van der Waals surface area (Å²) in [5, 5.41) is 17.6. The minimum absolute atomic E-state index is 0.0880. The maximum absolute atomic E-state index is 12.4. The monoisotopic (exact) mass is 428 g/mol. The quantitative estimate of drug-likeness (QED) is 0.525. The Balaban J connectivity index is 1.65. The summed E-state index contributed by atoms with van der Waals surface area (Å²) in [4.78, 5) is 23.6. The van der Waals surface area contributed by atoms with Gasteiger partial charge in [-0.25, -0.2) is 0 Å². The van der Waals surface area contributed by atoms with Crippen LogP contribution in [-0.2, 0) is 9.59 Å². The third-order valence-electron chi connectivity index (χ3n) is 3.89. The van der Waals surface area contributed by atoms with E-state index in [9.17, 15) is 9.59 Å². The second-order valence-electron chi connectivity index (χ2n) is 6.00. The molecule has 0 aliphatic carbocycles. The summed E-state index contributed by atoms with van der Waals surface area (Å²) in [5.74, 6) is 0.816. The molecular weight excluding hydrogens is 408 g/mol. The van der Waals surface area contributed by atoms with Crippen LogP contribution >= 0.6 is 11.8 Å². The van der Waals surface area contributed by atoms with Crippen molar-refractivity contribution in [2.24, 2.45) is 0 Å². The van der Waals surface area contributed by atoms with Crippen LogP contribution in [0.15, 0.2) is 47.6 Å². The highest BCUT2D eigenvalue weighted by Gasteiger charge is 2.14. The lowest BCUT2D eigenvalue weighted by Crippen LogP contribution is -2.15. The molecule has 2 aromatic carbocycles. The van der Waals surface area contributed by atoms with Gasteiger partial charge in [0.25, 0.3) is 0 Å². The highest BCUT2D eigenvalue weighted by molar-refractivity contribution is 7.99. The normalized spacial score (nSPS) is 10.4. The number of hydrogen-bond acceptors (Lipinski definition) is 8. The molecule has 0 atom stereocenters. The summed E-state index contributed by atoms with van der Waals surface area (Å²) in [6.45, 7) is 1.44. The second-order valence-corrected chi connectivity index (χ2v) is 6.95. The first-order valence-electron chi connectivity index (χ1n) is 8.81. The van der Waals surface area contributed by atoms with E-state index >= 15 is 0 Å². The molecule has 10 nitrogen and oxygen atoms in total. The number of anilines is 2.